The van der Waals surface area contributed by atoms with Gasteiger partial charge < -0.3 is 16.0 Å². The first-order chi connectivity index (χ1) is 13.6. The summed E-state index contributed by atoms with van der Waals surface area (Å²) in [6, 6.07) is 16.8. The van der Waals surface area contributed by atoms with E-state index in [1.807, 2.05) is 12.1 Å². The Morgan fingerprint density at radius 2 is 1.57 bits per heavy atom. The molecule has 0 atom stereocenters. The van der Waals surface area contributed by atoms with Crippen molar-refractivity contribution in [1.29, 1.82) is 0 Å². The number of anilines is 2. The second-order valence-electron chi connectivity index (χ2n) is 6.00. The first-order valence-electron chi connectivity index (χ1n) is 8.71. The molecule has 1 aromatic heterocycles. The molecule has 3 aromatic rings. The number of nitrogens with zero attached hydrogens (tertiary/aromatic N) is 1. The number of hydrogen-bond acceptors (Lipinski definition) is 3. The Morgan fingerprint density at radius 3 is 2.25 bits per heavy atom. The molecule has 7 heteroatoms. The van der Waals surface area contributed by atoms with Gasteiger partial charge in [0.05, 0.1) is 5.56 Å². The smallest absolute Gasteiger partial charge is 0.258 e. The normalized spacial score (nSPS) is 10.2. The minimum absolute atomic E-state index is 0.00396. The molecule has 0 saturated carbocycles. The Kier molecular flexibility index (Phi) is 6.64. The highest BCUT2D eigenvalue weighted by Gasteiger charge is 2.10. The second kappa shape index (κ2) is 9.57. The lowest BCUT2D eigenvalue weighted by molar-refractivity contribution is 0.102. The van der Waals surface area contributed by atoms with E-state index >= 15 is 0 Å². The van der Waals surface area contributed by atoms with E-state index in [2.05, 4.69) is 20.9 Å². The Balaban J connectivity index is 1.48. The van der Waals surface area contributed by atoms with Crippen LogP contribution in [0.25, 0.3) is 0 Å². The van der Waals surface area contributed by atoms with Crippen LogP contribution in [0.4, 0.5) is 15.8 Å². The number of pyridine rings is 1. The lowest BCUT2D eigenvalue weighted by Gasteiger charge is -2.11. The SMILES string of the molecule is O=C(Nc1ccc(NC(=S)NCCc2ccncc2)cc1)c1ccccc1F. The topological polar surface area (TPSA) is 66.1 Å². The van der Waals surface area contributed by atoms with Crippen molar-refractivity contribution in [2.24, 2.45) is 0 Å². The quantitative estimate of drug-likeness (QED) is 0.552. The monoisotopic (exact) mass is 394 g/mol. The molecular formula is C21H19FN4OS. The number of hydrogen-bond donors (Lipinski definition) is 3. The molecule has 28 heavy (non-hydrogen) atoms. The number of rotatable bonds is 6. The summed E-state index contributed by atoms with van der Waals surface area (Å²) < 4.78 is 13.7. The van der Waals surface area contributed by atoms with E-state index in [-0.39, 0.29) is 5.56 Å². The predicted octanol–water partition coefficient (Wildman–Crippen LogP) is 4.00. The lowest BCUT2D eigenvalue weighted by atomic mass is 10.2. The fourth-order valence-corrected chi connectivity index (χ4v) is 2.75. The van der Waals surface area contributed by atoms with Gasteiger partial charge in [-0.3, -0.25) is 9.78 Å². The van der Waals surface area contributed by atoms with Gasteiger partial charge >= 0.3 is 0 Å². The largest absolute Gasteiger partial charge is 0.362 e. The van der Waals surface area contributed by atoms with Crippen molar-refractivity contribution in [2.45, 2.75) is 6.42 Å². The van der Waals surface area contributed by atoms with Crippen molar-refractivity contribution < 1.29 is 9.18 Å². The van der Waals surface area contributed by atoms with Crippen LogP contribution < -0.4 is 16.0 Å². The standard InChI is InChI=1S/C21H19FN4OS/c22-19-4-2-1-3-18(19)20(27)25-16-5-7-17(8-6-16)26-21(28)24-14-11-15-9-12-23-13-10-15/h1-10,12-13H,11,14H2,(H,25,27)(H2,24,26,28). The number of benzene rings is 2. The van der Waals surface area contributed by atoms with Crippen molar-refractivity contribution >= 4 is 34.6 Å². The molecule has 0 unspecified atom stereocenters. The van der Waals surface area contributed by atoms with E-state index in [0.29, 0.717) is 17.3 Å². The zero-order valence-electron chi connectivity index (χ0n) is 15.0. The molecule has 5 nitrogen and oxygen atoms in total. The van der Waals surface area contributed by atoms with Gasteiger partial charge in [-0.2, -0.15) is 0 Å². The third-order valence-electron chi connectivity index (χ3n) is 3.97. The first kappa shape index (κ1) is 19.4. The summed E-state index contributed by atoms with van der Waals surface area (Å²) in [6.45, 7) is 0.701. The number of nitrogens with one attached hydrogen (secondary N) is 3. The van der Waals surface area contributed by atoms with E-state index in [4.69, 9.17) is 12.2 Å². The van der Waals surface area contributed by atoms with Gasteiger partial charge in [0.15, 0.2) is 5.11 Å². The van der Waals surface area contributed by atoms with Crippen molar-refractivity contribution in [3.05, 3.63) is 90.0 Å². The van der Waals surface area contributed by atoms with Gasteiger partial charge in [0.25, 0.3) is 5.91 Å². The molecule has 142 valence electrons. The first-order valence-corrected chi connectivity index (χ1v) is 9.12. The van der Waals surface area contributed by atoms with Crippen molar-refractivity contribution in [2.75, 3.05) is 17.2 Å². The zero-order valence-corrected chi connectivity index (χ0v) is 15.8. The molecule has 0 bridgehead atoms. The van der Waals surface area contributed by atoms with Crippen molar-refractivity contribution in [1.82, 2.24) is 10.3 Å². The Bertz CT molecular complexity index is 948. The second-order valence-corrected chi connectivity index (χ2v) is 6.41. The van der Waals surface area contributed by atoms with E-state index in [0.717, 1.165) is 12.1 Å². The van der Waals surface area contributed by atoms with Gasteiger partial charge in [-0.1, -0.05) is 12.1 Å². The molecule has 2 aromatic carbocycles. The predicted molar refractivity (Wildman–Crippen MR) is 113 cm³/mol. The Labute approximate surface area is 168 Å². The van der Waals surface area contributed by atoms with E-state index < -0.39 is 11.7 Å². The molecule has 0 aliphatic heterocycles. The molecule has 0 fully saturated rings. The van der Waals surface area contributed by atoms with Crippen molar-refractivity contribution in [3.63, 3.8) is 0 Å². The summed E-state index contributed by atoms with van der Waals surface area (Å²) in [6.07, 6.45) is 4.36. The molecule has 0 spiro atoms. The highest BCUT2D eigenvalue weighted by atomic mass is 32.1. The van der Waals surface area contributed by atoms with Gasteiger partial charge in [0.2, 0.25) is 0 Å². The molecule has 0 saturated heterocycles. The van der Waals surface area contributed by atoms with E-state index in [1.165, 1.54) is 17.7 Å². The Hall–Kier alpha value is -3.32. The summed E-state index contributed by atoms with van der Waals surface area (Å²) in [4.78, 5) is 16.1. The fraction of sp³-hybridized carbons (Fsp3) is 0.0952. The highest BCUT2D eigenvalue weighted by molar-refractivity contribution is 7.80. The van der Waals surface area contributed by atoms with Gasteiger partial charge in [0.1, 0.15) is 5.82 Å². The minimum Gasteiger partial charge on any atom is -0.362 e. The Morgan fingerprint density at radius 1 is 0.929 bits per heavy atom. The minimum atomic E-state index is -0.554. The molecule has 0 aliphatic carbocycles. The zero-order chi connectivity index (χ0) is 19.8. The van der Waals surface area contributed by atoms with E-state index in [1.54, 1.807) is 48.8 Å². The van der Waals surface area contributed by atoms with Crippen LogP contribution in [0, 0.1) is 5.82 Å². The van der Waals surface area contributed by atoms with Gasteiger partial charge in [-0.15, -0.1) is 0 Å². The van der Waals surface area contributed by atoms with Crippen LogP contribution in [0.1, 0.15) is 15.9 Å². The number of aromatic nitrogens is 1. The number of amides is 1. The summed E-state index contributed by atoms with van der Waals surface area (Å²) in [5.41, 5.74) is 2.53. The van der Waals surface area contributed by atoms with Crippen LogP contribution in [0.3, 0.4) is 0 Å². The lowest BCUT2D eigenvalue weighted by Crippen LogP contribution is -2.30. The van der Waals surface area contributed by atoms with Crippen LogP contribution in [0.15, 0.2) is 73.1 Å². The molecule has 0 aliphatic rings. The van der Waals surface area contributed by atoms with Gasteiger partial charge in [0, 0.05) is 30.3 Å². The molecule has 1 heterocycles. The third-order valence-corrected chi connectivity index (χ3v) is 4.21. The highest BCUT2D eigenvalue weighted by Crippen LogP contribution is 2.15. The maximum absolute atomic E-state index is 13.7. The summed E-state index contributed by atoms with van der Waals surface area (Å²) in [5.74, 6) is -1.05. The molecule has 3 rings (SSSR count). The number of thiocarbonyl (C=S) groups is 1. The summed E-state index contributed by atoms with van der Waals surface area (Å²) in [5, 5.41) is 9.41. The fourth-order valence-electron chi connectivity index (χ4n) is 2.53. The maximum atomic E-state index is 13.7. The van der Waals surface area contributed by atoms with Gasteiger partial charge in [-0.25, -0.2) is 4.39 Å². The number of carbonyl (C=O) groups is 1. The average molecular weight is 394 g/mol. The third kappa shape index (κ3) is 5.59. The molecule has 3 N–H and O–H groups in total. The molecule has 1 amide bonds. The van der Waals surface area contributed by atoms with Crippen LogP contribution >= 0.6 is 12.2 Å². The van der Waals surface area contributed by atoms with Gasteiger partial charge in [-0.05, 0) is 72.7 Å². The molecular weight excluding hydrogens is 375 g/mol. The summed E-state index contributed by atoms with van der Waals surface area (Å²) in [7, 11) is 0. The van der Waals surface area contributed by atoms with Crippen LogP contribution in [-0.4, -0.2) is 22.5 Å². The average Bonchev–Trinajstić information content (AvgIpc) is 2.70. The van der Waals surface area contributed by atoms with Crippen LogP contribution in [0.2, 0.25) is 0 Å². The van der Waals surface area contributed by atoms with E-state index in [9.17, 15) is 9.18 Å². The summed E-state index contributed by atoms with van der Waals surface area (Å²) >= 11 is 5.29. The van der Waals surface area contributed by atoms with Crippen molar-refractivity contribution in [3.8, 4) is 0 Å². The van der Waals surface area contributed by atoms with Crippen LogP contribution in [-0.2, 0) is 6.42 Å². The van der Waals surface area contributed by atoms with Crippen LogP contribution in [0.5, 0.6) is 0 Å². The maximum Gasteiger partial charge on any atom is 0.258 e. The number of halogens is 1. The molecule has 0 radical (unpaired) electrons. The number of carbonyl (C=O) groups excluding carboxylic acids is 1.